The first-order chi connectivity index (χ1) is 14.8. The average Bonchev–Trinajstić information content (AvgIpc) is 3.37. The Hall–Kier alpha value is -1.97. The molecule has 4 rings (SSSR count). The lowest BCUT2D eigenvalue weighted by molar-refractivity contribution is -0.133. The molecular formula is C21H32N4O5S. The normalized spacial score (nSPS) is 25.0. The molecule has 1 N–H and O–H groups in total. The third-order valence-corrected chi connectivity index (χ3v) is 8.40. The van der Waals surface area contributed by atoms with Gasteiger partial charge in [0.1, 0.15) is 5.54 Å². The predicted molar refractivity (Wildman–Crippen MR) is 113 cm³/mol. The summed E-state index contributed by atoms with van der Waals surface area (Å²) in [5, 5.41) is 7.23. The van der Waals surface area contributed by atoms with Crippen molar-refractivity contribution >= 4 is 21.7 Å². The summed E-state index contributed by atoms with van der Waals surface area (Å²) in [5.41, 5.74) is -0.605. The van der Waals surface area contributed by atoms with Gasteiger partial charge >= 0.3 is 0 Å². The second kappa shape index (κ2) is 8.88. The van der Waals surface area contributed by atoms with Gasteiger partial charge in [-0.3, -0.25) is 9.59 Å². The zero-order valence-corrected chi connectivity index (χ0v) is 19.0. The lowest BCUT2D eigenvalue weighted by Gasteiger charge is -2.30. The second-order valence-electron chi connectivity index (χ2n) is 9.28. The number of aromatic nitrogens is 2. The molecule has 1 aliphatic heterocycles. The highest BCUT2D eigenvalue weighted by molar-refractivity contribution is 7.91. The maximum atomic E-state index is 12.9. The van der Waals surface area contributed by atoms with Crippen LogP contribution in [-0.2, 0) is 31.4 Å². The molecule has 9 nitrogen and oxygen atoms in total. The van der Waals surface area contributed by atoms with E-state index in [-0.39, 0.29) is 41.8 Å². The van der Waals surface area contributed by atoms with E-state index in [0.717, 1.165) is 51.4 Å². The number of hydrogen-bond donors (Lipinski definition) is 1. The summed E-state index contributed by atoms with van der Waals surface area (Å²) >= 11 is 0. The van der Waals surface area contributed by atoms with Crippen LogP contribution in [0.5, 0.6) is 0 Å². The number of nitrogens with one attached hydrogen (secondary N) is 1. The van der Waals surface area contributed by atoms with Crippen LogP contribution in [0.1, 0.15) is 82.8 Å². The van der Waals surface area contributed by atoms with Crippen molar-refractivity contribution in [2.75, 3.05) is 11.5 Å². The standard InChI is InChI=1S/C21H32N4O5S/c1-15(26)23-21(11-4-2-3-5-12-21)20-22-18(30-24-20)8-9-19(27)25(16-6-7-16)17-10-13-31(28,29)14-17/h16-17H,2-14H2,1H3,(H,23,26). The van der Waals surface area contributed by atoms with E-state index in [1.807, 2.05) is 0 Å². The van der Waals surface area contributed by atoms with E-state index in [4.69, 9.17) is 4.52 Å². The van der Waals surface area contributed by atoms with Crippen molar-refractivity contribution in [3.8, 4) is 0 Å². The van der Waals surface area contributed by atoms with Crippen LogP contribution >= 0.6 is 0 Å². The maximum Gasteiger partial charge on any atom is 0.227 e. The van der Waals surface area contributed by atoms with Gasteiger partial charge in [-0.25, -0.2) is 8.42 Å². The van der Waals surface area contributed by atoms with Crippen molar-refractivity contribution in [1.29, 1.82) is 0 Å². The van der Waals surface area contributed by atoms with E-state index in [1.54, 1.807) is 4.90 Å². The highest BCUT2D eigenvalue weighted by Gasteiger charge is 2.42. The first kappa shape index (κ1) is 22.2. The lowest BCUT2D eigenvalue weighted by atomic mass is 9.89. The Morgan fingerprint density at radius 1 is 1.13 bits per heavy atom. The van der Waals surface area contributed by atoms with Crippen molar-refractivity contribution in [2.45, 2.75) is 95.2 Å². The van der Waals surface area contributed by atoms with E-state index >= 15 is 0 Å². The Morgan fingerprint density at radius 3 is 2.42 bits per heavy atom. The fourth-order valence-corrected chi connectivity index (χ4v) is 6.73. The van der Waals surface area contributed by atoms with Crippen LogP contribution < -0.4 is 5.32 Å². The topological polar surface area (TPSA) is 122 Å². The summed E-state index contributed by atoms with van der Waals surface area (Å²) in [5.74, 6) is 0.941. The average molecular weight is 453 g/mol. The quantitative estimate of drug-likeness (QED) is 0.627. The van der Waals surface area contributed by atoms with Crippen molar-refractivity contribution in [1.82, 2.24) is 20.4 Å². The minimum Gasteiger partial charge on any atom is -0.343 e. The lowest BCUT2D eigenvalue weighted by Crippen LogP contribution is -2.45. The van der Waals surface area contributed by atoms with Crippen molar-refractivity contribution < 1.29 is 22.5 Å². The molecule has 0 spiro atoms. The zero-order chi connectivity index (χ0) is 22.1. The van der Waals surface area contributed by atoms with Gasteiger partial charge in [0.2, 0.25) is 17.7 Å². The highest BCUT2D eigenvalue weighted by atomic mass is 32.2. The van der Waals surface area contributed by atoms with Crippen LogP contribution in [0.25, 0.3) is 0 Å². The first-order valence-corrected chi connectivity index (χ1v) is 13.2. The van der Waals surface area contributed by atoms with Crippen LogP contribution in [0.15, 0.2) is 4.52 Å². The van der Waals surface area contributed by atoms with Crippen molar-refractivity contribution in [3.63, 3.8) is 0 Å². The molecule has 2 aliphatic carbocycles. The molecule has 10 heteroatoms. The van der Waals surface area contributed by atoms with Gasteiger partial charge in [0.25, 0.3) is 0 Å². The molecule has 1 aromatic rings. The van der Waals surface area contributed by atoms with Gasteiger partial charge in [0.15, 0.2) is 15.7 Å². The number of nitrogens with zero attached hydrogens (tertiary/aromatic N) is 3. The molecule has 0 aromatic carbocycles. The van der Waals surface area contributed by atoms with Crippen LogP contribution in [0, 0.1) is 0 Å². The van der Waals surface area contributed by atoms with E-state index in [9.17, 15) is 18.0 Å². The molecule has 3 fully saturated rings. The molecule has 0 bridgehead atoms. The Bertz CT molecular complexity index is 916. The maximum absolute atomic E-state index is 12.9. The van der Waals surface area contributed by atoms with Gasteiger partial charge < -0.3 is 14.7 Å². The largest absolute Gasteiger partial charge is 0.343 e. The Balaban J connectivity index is 1.42. The van der Waals surface area contributed by atoms with Gasteiger partial charge in [-0.1, -0.05) is 30.8 Å². The molecule has 1 saturated heterocycles. The van der Waals surface area contributed by atoms with E-state index in [1.165, 1.54) is 6.92 Å². The summed E-state index contributed by atoms with van der Waals surface area (Å²) in [4.78, 5) is 31.1. The third kappa shape index (κ3) is 5.27. The van der Waals surface area contributed by atoms with Crippen molar-refractivity contribution in [2.24, 2.45) is 0 Å². The minimum absolute atomic E-state index is 0.0459. The van der Waals surface area contributed by atoms with Gasteiger partial charge in [-0.15, -0.1) is 0 Å². The van der Waals surface area contributed by atoms with Crippen LogP contribution in [0.3, 0.4) is 0 Å². The number of rotatable bonds is 7. The number of carbonyl (C=O) groups is 2. The summed E-state index contributed by atoms with van der Waals surface area (Å²) in [6.45, 7) is 1.50. The van der Waals surface area contributed by atoms with Crippen LogP contribution in [-0.4, -0.2) is 58.9 Å². The SMILES string of the molecule is CC(=O)NC1(c2noc(CCC(=O)N(C3CC3)C3CCS(=O)(=O)C3)n2)CCCCCC1. The molecule has 2 saturated carbocycles. The van der Waals surface area contributed by atoms with Crippen LogP contribution in [0.2, 0.25) is 0 Å². The van der Waals surface area contributed by atoms with Crippen molar-refractivity contribution in [3.05, 3.63) is 11.7 Å². The molecule has 0 radical (unpaired) electrons. The van der Waals surface area contributed by atoms with Gasteiger partial charge in [0.05, 0.1) is 11.5 Å². The Kier molecular flexibility index (Phi) is 6.37. The number of amides is 2. The number of aryl methyl sites for hydroxylation is 1. The zero-order valence-electron chi connectivity index (χ0n) is 18.1. The van der Waals surface area contributed by atoms with Gasteiger partial charge in [-0.2, -0.15) is 4.98 Å². The predicted octanol–water partition coefficient (Wildman–Crippen LogP) is 1.87. The fraction of sp³-hybridized carbons (Fsp3) is 0.810. The van der Waals surface area contributed by atoms with Gasteiger partial charge in [0, 0.05) is 31.8 Å². The molecule has 172 valence electrons. The second-order valence-corrected chi connectivity index (χ2v) is 11.5. The van der Waals surface area contributed by atoms with Crippen LogP contribution in [0.4, 0.5) is 0 Å². The van der Waals surface area contributed by atoms with E-state index in [0.29, 0.717) is 24.6 Å². The molecule has 1 aromatic heterocycles. The highest BCUT2D eigenvalue weighted by Crippen LogP contribution is 2.35. The fourth-order valence-electron chi connectivity index (χ4n) is 5.02. The molecule has 2 heterocycles. The molecule has 3 aliphatic rings. The van der Waals surface area contributed by atoms with Gasteiger partial charge in [-0.05, 0) is 32.1 Å². The summed E-state index contributed by atoms with van der Waals surface area (Å²) in [7, 11) is -3.05. The molecule has 31 heavy (non-hydrogen) atoms. The van der Waals surface area contributed by atoms with E-state index < -0.39 is 15.4 Å². The molecule has 2 amide bonds. The monoisotopic (exact) mass is 452 g/mol. The molecule has 1 unspecified atom stereocenters. The summed E-state index contributed by atoms with van der Waals surface area (Å²) in [6, 6.07) is -0.0460. The summed E-state index contributed by atoms with van der Waals surface area (Å²) < 4.78 is 29.2. The summed E-state index contributed by atoms with van der Waals surface area (Å²) in [6.07, 6.45) is 8.68. The Morgan fingerprint density at radius 2 is 1.84 bits per heavy atom. The number of hydrogen-bond acceptors (Lipinski definition) is 7. The Labute approximate surface area is 183 Å². The number of sulfone groups is 1. The smallest absolute Gasteiger partial charge is 0.227 e. The first-order valence-electron chi connectivity index (χ1n) is 11.4. The molecular weight excluding hydrogens is 420 g/mol. The number of carbonyl (C=O) groups excluding carboxylic acids is 2. The minimum atomic E-state index is -3.05. The molecule has 1 atom stereocenters. The van der Waals surface area contributed by atoms with E-state index in [2.05, 4.69) is 15.5 Å². The third-order valence-electron chi connectivity index (χ3n) is 6.65.